The average molecular weight is 623 g/mol. The van der Waals surface area contributed by atoms with E-state index in [2.05, 4.69) is 38.2 Å². The number of allylic oxidation sites excluding steroid dienone is 4. The number of rotatable bonds is 28. The molecule has 0 N–H and O–H groups in total. The van der Waals surface area contributed by atoms with E-state index in [0.717, 1.165) is 70.6 Å². The highest BCUT2D eigenvalue weighted by atomic mass is 16.6. The van der Waals surface area contributed by atoms with Crippen LogP contribution in [0.25, 0.3) is 0 Å². The van der Waals surface area contributed by atoms with E-state index in [9.17, 15) is 14.4 Å². The monoisotopic (exact) mass is 622 g/mol. The molecule has 1 unspecified atom stereocenters. The van der Waals surface area contributed by atoms with E-state index >= 15 is 0 Å². The highest BCUT2D eigenvalue weighted by Gasteiger charge is 2.37. The van der Waals surface area contributed by atoms with Crippen LogP contribution in [-0.4, -0.2) is 49.9 Å². The Morgan fingerprint density at radius 2 is 1.25 bits per heavy atom. The lowest BCUT2D eigenvalue weighted by atomic mass is 9.93. The fourth-order valence-corrected chi connectivity index (χ4v) is 4.49. The van der Waals surface area contributed by atoms with Crippen molar-refractivity contribution in [2.45, 2.75) is 163 Å². The van der Waals surface area contributed by atoms with Crippen LogP contribution in [0.15, 0.2) is 24.3 Å². The Bertz CT molecular complexity index is 778. The first-order valence-electron chi connectivity index (χ1n) is 17.5. The second-order valence-electron chi connectivity index (χ2n) is 12.8. The van der Waals surface area contributed by atoms with Gasteiger partial charge in [0.05, 0.1) is 25.2 Å². The molecular weight excluding hydrogens is 556 g/mol. The van der Waals surface area contributed by atoms with E-state index in [4.69, 9.17) is 18.9 Å². The maximum absolute atomic E-state index is 12.9. The number of esters is 3. The van der Waals surface area contributed by atoms with Crippen LogP contribution in [0.5, 0.6) is 0 Å². The van der Waals surface area contributed by atoms with E-state index in [1.54, 1.807) is 20.8 Å². The van der Waals surface area contributed by atoms with Crippen LogP contribution in [0, 0.1) is 11.3 Å². The summed E-state index contributed by atoms with van der Waals surface area (Å²) in [6.45, 7) is 13.5. The molecule has 1 atom stereocenters. The molecule has 256 valence electrons. The lowest BCUT2D eigenvalue weighted by molar-refractivity contribution is -0.169. The number of carbonyl (C=O) groups excluding carboxylic acids is 3. The second kappa shape index (κ2) is 27.2. The molecule has 0 bridgehead atoms. The van der Waals surface area contributed by atoms with E-state index in [1.807, 2.05) is 13.8 Å². The molecule has 0 rings (SSSR count). The molecule has 0 aromatic heterocycles. The van der Waals surface area contributed by atoms with Crippen molar-refractivity contribution in [2.75, 3.05) is 19.8 Å². The Morgan fingerprint density at radius 3 is 1.77 bits per heavy atom. The van der Waals surface area contributed by atoms with Crippen LogP contribution < -0.4 is 0 Å². The number of ether oxygens (including phenoxy) is 4. The van der Waals surface area contributed by atoms with Gasteiger partial charge < -0.3 is 18.9 Å². The van der Waals surface area contributed by atoms with E-state index in [1.165, 1.54) is 12.8 Å². The first-order valence-corrected chi connectivity index (χ1v) is 17.5. The van der Waals surface area contributed by atoms with Crippen molar-refractivity contribution in [3.63, 3.8) is 0 Å². The van der Waals surface area contributed by atoms with Crippen molar-refractivity contribution in [3.05, 3.63) is 24.3 Å². The zero-order chi connectivity index (χ0) is 33.1. The van der Waals surface area contributed by atoms with Crippen molar-refractivity contribution >= 4 is 17.9 Å². The average Bonchev–Trinajstić information content (AvgIpc) is 2.99. The lowest BCUT2D eigenvalue weighted by Gasteiger charge is -2.28. The molecule has 0 aliphatic heterocycles. The Morgan fingerprint density at radius 1 is 0.682 bits per heavy atom. The third-order valence-electron chi connectivity index (χ3n) is 7.39. The number of carbonyl (C=O) groups is 3. The summed E-state index contributed by atoms with van der Waals surface area (Å²) >= 11 is 0. The third-order valence-corrected chi connectivity index (χ3v) is 7.39. The van der Waals surface area contributed by atoms with Gasteiger partial charge in [-0.2, -0.15) is 0 Å². The lowest BCUT2D eigenvalue weighted by Crippen LogP contribution is -2.41. The Hall–Kier alpha value is -2.15. The van der Waals surface area contributed by atoms with Crippen molar-refractivity contribution in [1.29, 1.82) is 0 Å². The molecule has 0 aliphatic rings. The summed E-state index contributed by atoms with van der Waals surface area (Å²) < 4.78 is 22.5. The summed E-state index contributed by atoms with van der Waals surface area (Å²) in [5.74, 6) is -1.21. The molecule has 0 saturated heterocycles. The summed E-state index contributed by atoms with van der Waals surface area (Å²) in [5, 5.41) is 0. The first-order chi connectivity index (χ1) is 21.1. The van der Waals surface area contributed by atoms with Crippen LogP contribution >= 0.6 is 0 Å². The molecule has 0 aromatic carbocycles. The van der Waals surface area contributed by atoms with Gasteiger partial charge in [-0.25, -0.2) is 0 Å². The summed E-state index contributed by atoms with van der Waals surface area (Å²) in [5.41, 5.74) is -1.08. The van der Waals surface area contributed by atoms with Gasteiger partial charge >= 0.3 is 17.9 Å². The maximum Gasteiger partial charge on any atom is 0.317 e. The quantitative estimate of drug-likeness (QED) is 0.0372. The molecule has 0 spiro atoms. The number of hydrogen-bond acceptors (Lipinski definition) is 7. The summed E-state index contributed by atoms with van der Waals surface area (Å²) in [4.78, 5) is 37.5. The molecule has 7 heteroatoms. The van der Waals surface area contributed by atoms with Gasteiger partial charge in [-0.3, -0.25) is 14.4 Å². The Labute approximate surface area is 269 Å². The largest absolute Gasteiger partial charge is 0.465 e. The minimum absolute atomic E-state index is 0.00338. The van der Waals surface area contributed by atoms with E-state index < -0.39 is 11.4 Å². The van der Waals surface area contributed by atoms with Crippen molar-refractivity contribution in [3.8, 4) is 0 Å². The molecule has 7 nitrogen and oxygen atoms in total. The van der Waals surface area contributed by atoms with Gasteiger partial charge in [0, 0.05) is 6.42 Å². The smallest absolute Gasteiger partial charge is 0.317 e. The van der Waals surface area contributed by atoms with Crippen LogP contribution in [0.3, 0.4) is 0 Å². The Kier molecular flexibility index (Phi) is 25.9. The fourth-order valence-electron chi connectivity index (χ4n) is 4.49. The topological polar surface area (TPSA) is 88.1 Å². The Balaban J connectivity index is 4.56. The molecule has 0 radical (unpaired) electrons. The zero-order valence-electron chi connectivity index (χ0n) is 29.3. The van der Waals surface area contributed by atoms with Gasteiger partial charge in [0.1, 0.15) is 18.1 Å². The van der Waals surface area contributed by atoms with Crippen LogP contribution in [0.4, 0.5) is 0 Å². The second-order valence-corrected chi connectivity index (χ2v) is 12.8. The van der Waals surface area contributed by atoms with Gasteiger partial charge in [0.2, 0.25) is 0 Å². The normalized spacial score (nSPS) is 13.3. The maximum atomic E-state index is 12.9. The van der Waals surface area contributed by atoms with Gasteiger partial charge in [0.15, 0.2) is 0 Å². The third kappa shape index (κ3) is 23.3. The molecule has 44 heavy (non-hydrogen) atoms. The van der Waals surface area contributed by atoms with Crippen LogP contribution in [-0.2, 0) is 33.3 Å². The molecule has 0 aromatic rings. The van der Waals surface area contributed by atoms with Gasteiger partial charge in [0.25, 0.3) is 0 Å². The van der Waals surface area contributed by atoms with Crippen molar-refractivity contribution in [1.82, 2.24) is 0 Å². The summed E-state index contributed by atoms with van der Waals surface area (Å²) in [6.07, 6.45) is 24.5. The highest BCUT2D eigenvalue weighted by molar-refractivity contribution is 5.78. The minimum atomic E-state index is -1.08. The van der Waals surface area contributed by atoms with Crippen molar-refractivity contribution < 1.29 is 33.3 Å². The molecular formula is C37H66O7. The van der Waals surface area contributed by atoms with Crippen LogP contribution in [0.2, 0.25) is 0 Å². The standard InChI is InChI=1S/C37H66O7/c1-8-10-12-14-16-18-21-25-33(26-22-19-17-15-13-11-9-2)44-34(38)27-23-20-24-28-41-36(40)37(7,29-42-32(5)6)30-43-35(39)31(3)4/h10-13,31-33H,8-9,14-30H2,1-7H3/b12-10-,13-11-. The molecule has 0 amide bonds. The SMILES string of the molecule is CC/C=C\CCCCCC(CCCCC/C=C\CC)OC(=O)CCCCCOC(=O)C(C)(COC(=O)C(C)C)COC(C)C. The zero-order valence-corrected chi connectivity index (χ0v) is 29.3. The van der Waals surface area contributed by atoms with Gasteiger partial charge in [-0.1, -0.05) is 64.8 Å². The predicted molar refractivity (Wildman–Crippen MR) is 179 cm³/mol. The minimum Gasteiger partial charge on any atom is -0.465 e. The number of unbranched alkanes of at least 4 members (excludes halogenated alkanes) is 8. The summed E-state index contributed by atoms with van der Waals surface area (Å²) in [6, 6.07) is 0. The van der Waals surface area contributed by atoms with Crippen LogP contribution in [0.1, 0.15) is 151 Å². The highest BCUT2D eigenvalue weighted by Crippen LogP contribution is 2.22. The molecule has 0 aliphatic carbocycles. The number of hydrogen-bond donors (Lipinski definition) is 0. The fraction of sp³-hybridized carbons (Fsp3) is 0.811. The van der Waals surface area contributed by atoms with Gasteiger partial charge in [-0.15, -0.1) is 0 Å². The van der Waals surface area contributed by atoms with E-state index in [-0.39, 0.29) is 49.9 Å². The van der Waals surface area contributed by atoms with E-state index in [0.29, 0.717) is 19.3 Å². The summed E-state index contributed by atoms with van der Waals surface area (Å²) in [7, 11) is 0. The molecule has 0 heterocycles. The molecule has 0 saturated carbocycles. The first kappa shape index (κ1) is 41.9. The van der Waals surface area contributed by atoms with Gasteiger partial charge in [-0.05, 0) is 104 Å². The molecule has 0 fully saturated rings. The van der Waals surface area contributed by atoms with Crippen molar-refractivity contribution in [2.24, 2.45) is 11.3 Å². The predicted octanol–water partition coefficient (Wildman–Crippen LogP) is 9.47.